The lowest BCUT2D eigenvalue weighted by Gasteiger charge is -2.23. The van der Waals surface area contributed by atoms with Crippen molar-refractivity contribution in [3.8, 4) is 0 Å². The topological polar surface area (TPSA) is 83.0 Å². The minimum absolute atomic E-state index is 0.252. The van der Waals surface area contributed by atoms with Crippen LogP contribution in [0.5, 0.6) is 0 Å². The van der Waals surface area contributed by atoms with Gasteiger partial charge in [-0.1, -0.05) is 25.1 Å². The van der Waals surface area contributed by atoms with Crippen LogP contribution >= 0.6 is 0 Å². The first-order valence-corrected chi connectivity index (χ1v) is 8.00. The van der Waals surface area contributed by atoms with E-state index in [-0.39, 0.29) is 5.97 Å². The van der Waals surface area contributed by atoms with Crippen LogP contribution in [0.3, 0.4) is 0 Å². The zero-order valence-corrected chi connectivity index (χ0v) is 14.5. The summed E-state index contributed by atoms with van der Waals surface area (Å²) >= 11 is 0. The maximum Gasteiger partial charge on any atom is 0.313 e. The number of para-hydroxylation sites is 1. The summed E-state index contributed by atoms with van der Waals surface area (Å²) in [6, 6.07) is 7.83. The number of methoxy groups -OCH3 is 1. The largest absolute Gasteiger partial charge is 0.469 e. The van der Waals surface area contributed by atoms with Gasteiger partial charge in [0.25, 0.3) is 0 Å². The molecule has 0 aliphatic heterocycles. The lowest BCUT2D eigenvalue weighted by atomic mass is 9.93. The molecule has 0 aliphatic carbocycles. The Labute approximate surface area is 140 Å². The van der Waals surface area contributed by atoms with Gasteiger partial charge in [-0.2, -0.15) is 0 Å². The first-order chi connectivity index (χ1) is 11.4. The van der Waals surface area contributed by atoms with Crippen LogP contribution in [0.1, 0.15) is 26.6 Å². The predicted octanol–water partition coefficient (Wildman–Crippen LogP) is 2.93. The summed E-state index contributed by atoms with van der Waals surface area (Å²) in [4.78, 5) is 21.3. The summed E-state index contributed by atoms with van der Waals surface area (Å²) in [7, 11) is 1.41. The Morgan fingerprint density at radius 2 is 2.00 bits per heavy atom. The van der Waals surface area contributed by atoms with Gasteiger partial charge >= 0.3 is 5.97 Å². The molecular formula is C18H22N4O2. The Balaban J connectivity index is 2.31. The monoisotopic (exact) mass is 326 g/mol. The van der Waals surface area contributed by atoms with Crippen LogP contribution in [0.15, 0.2) is 24.3 Å². The molecule has 6 heteroatoms. The fraction of sp³-hybridized carbons (Fsp3) is 0.389. The Morgan fingerprint density at radius 3 is 2.67 bits per heavy atom. The van der Waals surface area contributed by atoms with Crippen molar-refractivity contribution in [1.29, 1.82) is 0 Å². The van der Waals surface area contributed by atoms with Crippen molar-refractivity contribution in [3.05, 3.63) is 30.1 Å². The molecule has 0 aliphatic rings. The van der Waals surface area contributed by atoms with E-state index in [1.54, 1.807) is 0 Å². The third-order valence-corrected chi connectivity index (χ3v) is 4.30. The first-order valence-electron chi connectivity index (χ1n) is 8.00. The number of hydrogen-bond acceptors (Lipinski definition) is 5. The van der Waals surface area contributed by atoms with Gasteiger partial charge in [-0.3, -0.25) is 4.79 Å². The average molecular weight is 326 g/mol. The van der Waals surface area contributed by atoms with Gasteiger partial charge in [0.05, 0.1) is 23.6 Å². The Kier molecular flexibility index (Phi) is 3.91. The van der Waals surface area contributed by atoms with Gasteiger partial charge in [-0.05, 0) is 19.9 Å². The van der Waals surface area contributed by atoms with E-state index in [2.05, 4.69) is 14.5 Å². The molecule has 0 radical (unpaired) electrons. The van der Waals surface area contributed by atoms with E-state index in [1.807, 2.05) is 45.0 Å². The molecule has 2 heterocycles. The number of hydrogen-bond donors (Lipinski definition) is 1. The summed E-state index contributed by atoms with van der Waals surface area (Å²) < 4.78 is 7.03. The number of pyridine rings is 1. The fourth-order valence-corrected chi connectivity index (χ4v) is 3.08. The van der Waals surface area contributed by atoms with Crippen molar-refractivity contribution >= 4 is 33.7 Å². The van der Waals surface area contributed by atoms with Crippen molar-refractivity contribution in [1.82, 2.24) is 14.5 Å². The standard InChI is InChI=1S/C18H22N4O2/c1-5-13-21-14-15(22(13)10-18(2,3)17(23)24-4)11-8-6-7-9-12(11)20-16(14)19/h6-9H,5,10H2,1-4H3,(H2,19,20). The molecule has 1 aromatic carbocycles. The van der Waals surface area contributed by atoms with Gasteiger partial charge in [0.15, 0.2) is 5.82 Å². The minimum atomic E-state index is -0.675. The number of nitrogen functional groups attached to an aromatic ring is 1. The van der Waals surface area contributed by atoms with E-state index in [1.165, 1.54) is 7.11 Å². The van der Waals surface area contributed by atoms with Crippen LogP contribution in [0.2, 0.25) is 0 Å². The molecule has 3 rings (SSSR count). The van der Waals surface area contributed by atoms with E-state index >= 15 is 0 Å². The number of nitrogens with two attached hydrogens (primary N) is 1. The number of rotatable bonds is 4. The minimum Gasteiger partial charge on any atom is -0.469 e. The molecule has 126 valence electrons. The third-order valence-electron chi connectivity index (χ3n) is 4.30. The van der Waals surface area contributed by atoms with E-state index in [9.17, 15) is 4.79 Å². The number of nitrogens with zero attached hydrogens (tertiary/aromatic N) is 3. The number of carbonyl (C=O) groups is 1. The molecule has 0 bridgehead atoms. The Bertz CT molecular complexity index is 928. The van der Waals surface area contributed by atoms with Gasteiger partial charge in [-0.15, -0.1) is 0 Å². The van der Waals surface area contributed by atoms with Crippen molar-refractivity contribution in [3.63, 3.8) is 0 Å². The van der Waals surface area contributed by atoms with Gasteiger partial charge in [0, 0.05) is 18.4 Å². The molecule has 0 saturated carbocycles. The van der Waals surface area contributed by atoms with E-state index in [0.29, 0.717) is 17.9 Å². The number of imidazole rings is 1. The number of carbonyl (C=O) groups excluding carboxylic acids is 1. The molecule has 0 unspecified atom stereocenters. The molecule has 0 fully saturated rings. The van der Waals surface area contributed by atoms with Crippen LogP contribution in [-0.2, 0) is 22.5 Å². The third kappa shape index (κ3) is 2.48. The number of benzene rings is 1. The number of fused-ring (bicyclic) bond motifs is 3. The molecular weight excluding hydrogens is 304 g/mol. The number of aryl methyl sites for hydroxylation is 1. The maximum atomic E-state index is 12.1. The second kappa shape index (κ2) is 5.78. The second-order valence-corrected chi connectivity index (χ2v) is 6.55. The van der Waals surface area contributed by atoms with Gasteiger partial charge in [0.1, 0.15) is 11.3 Å². The molecule has 0 spiro atoms. The van der Waals surface area contributed by atoms with E-state index < -0.39 is 5.41 Å². The van der Waals surface area contributed by atoms with Crippen LogP contribution in [0.4, 0.5) is 5.82 Å². The number of esters is 1. The molecule has 0 atom stereocenters. The molecule has 2 aromatic heterocycles. The molecule has 2 N–H and O–H groups in total. The maximum absolute atomic E-state index is 12.1. The Hall–Kier alpha value is -2.63. The van der Waals surface area contributed by atoms with Crippen molar-refractivity contribution < 1.29 is 9.53 Å². The first kappa shape index (κ1) is 16.2. The molecule has 24 heavy (non-hydrogen) atoms. The lowest BCUT2D eigenvalue weighted by Crippen LogP contribution is -2.31. The number of anilines is 1. The van der Waals surface area contributed by atoms with Gasteiger partial charge in [0.2, 0.25) is 0 Å². The summed E-state index contributed by atoms with van der Waals surface area (Å²) in [5, 5.41) is 0.981. The second-order valence-electron chi connectivity index (χ2n) is 6.55. The molecule has 0 amide bonds. The van der Waals surface area contributed by atoms with E-state index in [4.69, 9.17) is 10.5 Å². The molecule has 0 saturated heterocycles. The van der Waals surface area contributed by atoms with Gasteiger partial charge in [-0.25, -0.2) is 9.97 Å². The highest BCUT2D eigenvalue weighted by Gasteiger charge is 2.31. The van der Waals surface area contributed by atoms with Gasteiger partial charge < -0.3 is 15.0 Å². The summed E-state index contributed by atoms with van der Waals surface area (Å²) in [5.41, 5.74) is 7.89. The van der Waals surface area contributed by atoms with Crippen LogP contribution in [0.25, 0.3) is 21.9 Å². The molecule has 3 aromatic rings. The highest BCUT2D eigenvalue weighted by molar-refractivity contribution is 6.06. The average Bonchev–Trinajstić information content (AvgIpc) is 2.93. The van der Waals surface area contributed by atoms with Crippen molar-refractivity contribution in [2.24, 2.45) is 5.41 Å². The summed E-state index contributed by atoms with van der Waals surface area (Å²) in [5.74, 6) is 1.04. The van der Waals surface area contributed by atoms with Crippen LogP contribution in [-0.4, -0.2) is 27.6 Å². The predicted molar refractivity (Wildman–Crippen MR) is 94.6 cm³/mol. The van der Waals surface area contributed by atoms with Crippen molar-refractivity contribution in [2.45, 2.75) is 33.7 Å². The molecule has 6 nitrogen and oxygen atoms in total. The highest BCUT2D eigenvalue weighted by atomic mass is 16.5. The highest BCUT2D eigenvalue weighted by Crippen LogP contribution is 2.31. The number of ether oxygens (including phenoxy) is 1. The summed E-state index contributed by atoms with van der Waals surface area (Å²) in [6.45, 7) is 6.25. The zero-order chi connectivity index (χ0) is 17.5. The van der Waals surface area contributed by atoms with Crippen LogP contribution in [0, 0.1) is 5.41 Å². The zero-order valence-electron chi connectivity index (χ0n) is 14.5. The Morgan fingerprint density at radius 1 is 1.29 bits per heavy atom. The van der Waals surface area contributed by atoms with Crippen LogP contribution < -0.4 is 5.73 Å². The normalized spacial score (nSPS) is 12.0. The quantitative estimate of drug-likeness (QED) is 0.745. The number of aromatic nitrogens is 3. The van der Waals surface area contributed by atoms with E-state index in [0.717, 1.165) is 28.7 Å². The lowest BCUT2D eigenvalue weighted by molar-refractivity contribution is -0.151. The summed E-state index contributed by atoms with van der Waals surface area (Å²) in [6.07, 6.45) is 0.736. The fourth-order valence-electron chi connectivity index (χ4n) is 3.08. The van der Waals surface area contributed by atoms with Crippen molar-refractivity contribution in [2.75, 3.05) is 12.8 Å². The smallest absolute Gasteiger partial charge is 0.313 e. The SMILES string of the molecule is CCc1nc2c(N)nc3ccccc3c2n1CC(C)(C)C(=O)OC.